The van der Waals surface area contributed by atoms with Crippen molar-refractivity contribution in [2.24, 2.45) is 5.73 Å². The smallest absolute Gasteiger partial charge is 0.410 e. The van der Waals surface area contributed by atoms with Gasteiger partial charge in [0.15, 0.2) is 0 Å². The Morgan fingerprint density at radius 3 is 2.44 bits per heavy atom. The number of ether oxygens (including phenoxy) is 1. The summed E-state index contributed by atoms with van der Waals surface area (Å²) in [6.07, 6.45) is 2.06. The molecule has 0 aromatic carbocycles. The summed E-state index contributed by atoms with van der Waals surface area (Å²) < 4.78 is 19.7. The van der Waals surface area contributed by atoms with Crippen LogP contribution in [0.15, 0.2) is 0 Å². The van der Waals surface area contributed by atoms with E-state index in [1.807, 2.05) is 20.8 Å². The summed E-state index contributed by atoms with van der Waals surface area (Å²) in [5.74, 6) is 0. The molecule has 2 aliphatic rings. The predicted molar refractivity (Wildman–Crippen MR) is 67.0 cm³/mol. The van der Waals surface area contributed by atoms with Crippen LogP contribution in [-0.4, -0.2) is 40.9 Å². The molecule has 0 radical (unpaired) electrons. The molecule has 0 aromatic heterocycles. The van der Waals surface area contributed by atoms with Gasteiger partial charge in [0.05, 0.1) is 0 Å². The lowest BCUT2D eigenvalue weighted by atomic mass is 9.86. The van der Waals surface area contributed by atoms with Gasteiger partial charge >= 0.3 is 6.09 Å². The van der Waals surface area contributed by atoms with Crippen molar-refractivity contribution < 1.29 is 13.9 Å². The van der Waals surface area contributed by atoms with E-state index >= 15 is 0 Å². The molecule has 1 spiro atoms. The Balaban J connectivity index is 2.06. The quantitative estimate of drug-likeness (QED) is 0.784. The maximum absolute atomic E-state index is 14.3. The molecule has 1 unspecified atom stereocenters. The van der Waals surface area contributed by atoms with Gasteiger partial charge in [0.25, 0.3) is 0 Å². The van der Waals surface area contributed by atoms with Gasteiger partial charge in [0.2, 0.25) is 0 Å². The van der Waals surface area contributed by atoms with Crippen molar-refractivity contribution in [3.05, 3.63) is 0 Å². The topological polar surface area (TPSA) is 55.6 Å². The molecule has 2 rings (SSSR count). The molecule has 4 nitrogen and oxygen atoms in total. The Kier molecular flexibility index (Phi) is 3.08. The first kappa shape index (κ1) is 13.6. The fraction of sp³-hybridized carbons (Fsp3) is 0.923. The van der Waals surface area contributed by atoms with E-state index in [2.05, 4.69) is 0 Å². The van der Waals surface area contributed by atoms with E-state index in [0.29, 0.717) is 19.4 Å². The van der Waals surface area contributed by atoms with Crippen LogP contribution in [0.2, 0.25) is 0 Å². The lowest BCUT2D eigenvalue weighted by molar-refractivity contribution is -0.0222. The molecule has 0 bridgehead atoms. The third kappa shape index (κ3) is 2.60. The van der Waals surface area contributed by atoms with Crippen LogP contribution < -0.4 is 5.73 Å². The van der Waals surface area contributed by atoms with Crippen LogP contribution in [0.5, 0.6) is 0 Å². The molecular weight excluding hydrogens is 235 g/mol. The average molecular weight is 258 g/mol. The Morgan fingerprint density at radius 2 is 2.00 bits per heavy atom. The molecule has 1 saturated carbocycles. The van der Waals surface area contributed by atoms with Crippen LogP contribution in [0.3, 0.4) is 0 Å². The fourth-order valence-corrected chi connectivity index (χ4v) is 2.69. The summed E-state index contributed by atoms with van der Waals surface area (Å²) >= 11 is 0. The van der Waals surface area contributed by atoms with Crippen LogP contribution in [-0.2, 0) is 4.74 Å². The molecular formula is C13H23FN2O2. The minimum Gasteiger partial charge on any atom is -0.444 e. The average Bonchev–Trinajstić information content (AvgIpc) is 2.95. The van der Waals surface area contributed by atoms with E-state index in [0.717, 1.165) is 12.8 Å². The number of hydrogen-bond donors (Lipinski definition) is 1. The number of nitrogens with zero attached hydrogens (tertiary/aromatic N) is 1. The van der Waals surface area contributed by atoms with Gasteiger partial charge in [0.1, 0.15) is 11.3 Å². The van der Waals surface area contributed by atoms with Crippen molar-refractivity contribution in [3.63, 3.8) is 0 Å². The molecule has 1 aliphatic heterocycles. The van der Waals surface area contributed by atoms with Gasteiger partial charge < -0.3 is 15.4 Å². The summed E-state index contributed by atoms with van der Waals surface area (Å²) in [6, 6.07) is 0. The van der Waals surface area contributed by atoms with E-state index in [-0.39, 0.29) is 18.2 Å². The van der Waals surface area contributed by atoms with Gasteiger partial charge in [-0.3, -0.25) is 0 Å². The van der Waals surface area contributed by atoms with Gasteiger partial charge in [-0.25, -0.2) is 9.18 Å². The number of alkyl halides is 1. The summed E-state index contributed by atoms with van der Waals surface area (Å²) in [4.78, 5) is 13.8. The Labute approximate surface area is 108 Å². The lowest BCUT2D eigenvalue weighted by Gasteiger charge is -2.43. The maximum Gasteiger partial charge on any atom is 0.410 e. The SMILES string of the molecule is CC(C)(C)OC(=O)N1CCC(F)(CN)CC12CC2. The number of carbonyl (C=O) groups is 1. The number of amides is 1. The van der Waals surface area contributed by atoms with Gasteiger partial charge in [-0.1, -0.05) is 0 Å². The van der Waals surface area contributed by atoms with Crippen LogP contribution >= 0.6 is 0 Å². The van der Waals surface area contributed by atoms with E-state index in [1.54, 1.807) is 4.90 Å². The minimum atomic E-state index is -1.31. The van der Waals surface area contributed by atoms with Crippen LogP contribution in [0.25, 0.3) is 0 Å². The van der Waals surface area contributed by atoms with E-state index in [1.165, 1.54) is 0 Å². The Hall–Kier alpha value is -0.840. The Bertz CT molecular complexity index is 349. The van der Waals surface area contributed by atoms with Gasteiger partial charge in [-0.2, -0.15) is 0 Å². The van der Waals surface area contributed by atoms with Crippen LogP contribution in [0.4, 0.5) is 9.18 Å². The second-order valence-corrected chi connectivity index (χ2v) is 6.64. The number of halogens is 1. The highest BCUT2D eigenvalue weighted by atomic mass is 19.1. The van der Waals surface area contributed by atoms with Gasteiger partial charge in [0, 0.05) is 31.5 Å². The highest BCUT2D eigenvalue weighted by Gasteiger charge is 2.58. The van der Waals surface area contributed by atoms with Crippen molar-refractivity contribution in [1.29, 1.82) is 0 Å². The van der Waals surface area contributed by atoms with Crippen molar-refractivity contribution in [3.8, 4) is 0 Å². The van der Waals surface area contributed by atoms with Crippen LogP contribution in [0.1, 0.15) is 46.5 Å². The fourth-order valence-electron chi connectivity index (χ4n) is 2.69. The van der Waals surface area contributed by atoms with Crippen LogP contribution in [0, 0.1) is 0 Å². The molecule has 2 fully saturated rings. The first-order chi connectivity index (χ1) is 8.20. The monoisotopic (exact) mass is 258 g/mol. The number of hydrogen-bond acceptors (Lipinski definition) is 3. The summed E-state index contributed by atoms with van der Waals surface area (Å²) in [6.45, 7) is 5.97. The van der Waals surface area contributed by atoms with Crippen molar-refractivity contribution in [2.75, 3.05) is 13.1 Å². The number of carbonyl (C=O) groups excluding carboxylic acids is 1. The zero-order chi connectivity index (χ0) is 13.6. The predicted octanol–water partition coefficient (Wildman–Crippen LogP) is 2.22. The Morgan fingerprint density at radius 1 is 1.39 bits per heavy atom. The first-order valence-electron chi connectivity index (χ1n) is 6.59. The van der Waals surface area contributed by atoms with Gasteiger partial charge in [-0.15, -0.1) is 0 Å². The summed E-state index contributed by atoms with van der Waals surface area (Å²) in [5.41, 5.74) is 3.36. The van der Waals surface area contributed by atoms with Crippen molar-refractivity contribution in [1.82, 2.24) is 4.90 Å². The van der Waals surface area contributed by atoms with Crippen molar-refractivity contribution in [2.45, 2.75) is 63.3 Å². The zero-order valence-corrected chi connectivity index (χ0v) is 11.5. The van der Waals surface area contributed by atoms with Gasteiger partial charge in [-0.05, 0) is 33.6 Å². The van der Waals surface area contributed by atoms with E-state index in [9.17, 15) is 9.18 Å². The van der Waals surface area contributed by atoms with E-state index in [4.69, 9.17) is 10.5 Å². The highest BCUT2D eigenvalue weighted by Crippen LogP contribution is 2.52. The second-order valence-electron chi connectivity index (χ2n) is 6.64. The number of nitrogens with two attached hydrogens (primary N) is 1. The van der Waals surface area contributed by atoms with Crippen molar-refractivity contribution >= 4 is 6.09 Å². The number of likely N-dealkylation sites (tertiary alicyclic amines) is 1. The minimum absolute atomic E-state index is 0.0386. The normalized spacial score (nSPS) is 30.4. The van der Waals surface area contributed by atoms with E-state index < -0.39 is 11.3 Å². The number of piperidine rings is 1. The number of rotatable bonds is 1. The second kappa shape index (κ2) is 4.08. The first-order valence-corrected chi connectivity index (χ1v) is 6.59. The molecule has 5 heteroatoms. The molecule has 1 saturated heterocycles. The lowest BCUT2D eigenvalue weighted by Crippen LogP contribution is -2.55. The molecule has 18 heavy (non-hydrogen) atoms. The third-order valence-electron chi connectivity index (χ3n) is 3.81. The maximum atomic E-state index is 14.3. The molecule has 1 heterocycles. The molecule has 1 aliphatic carbocycles. The third-order valence-corrected chi connectivity index (χ3v) is 3.81. The molecule has 1 atom stereocenters. The highest BCUT2D eigenvalue weighted by molar-refractivity contribution is 5.70. The molecule has 0 aromatic rings. The molecule has 2 N–H and O–H groups in total. The standard InChI is InChI=1S/C13H23FN2O2/c1-11(2,3)18-10(17)16-7-6-12(14,9-15)8-13(16)4-5-13/h4-9,15H2,1-3H3. The summed E-state index contributed by atoms with van der Waals surface area (Å²) in [7, 11) is 0. The molecule has 104 valence electrons. The summed E-state index contributed by atoms with van der Waals surface area (Å²) in [5, 5.41) is 0. The molecule has 1 amide bonds. The zero-order valence-electron chi connectivity index (χ0n) is 11.5. The largest absolute Gasteiger partial charge is 0.444 e.